The van der Waals surface area contributed by atoms with E-state index in [0.717, 1.165) is 32.2 Å². The van der Waals surface area contributed by atoms with Gasteiger partial charge in [0.2, 0.25) is 0 Å². The number of ether oxygens (including phenoxy) is 4. The molecule has 3 saturated heterocycles. The van der Waals surface area contributed by atoms with Gasteiger partial charge in [0.05, 0.1) is 32.5 Å². The van der Waals surface area contributed by atoms with Crippen LogP contribution in [0.1, 0.15) is 6.92 Å². The summed E-state index contributed by atoms with van der Waals surface area (Å²) >= 11 is 0. The Labute approximate surface area is 108 Å². The van der Waals surface area contributed by atoms with Crippen molar-refractivity contribution in [3.63, 3.8) is 0 Å². The van der Waals surface area contributed by atoms with Gasteiger partial charge in [-0.1, -0.05) is 18.2 Å². The van der Waals surface area contributed by atoms with Gasteiger partial charge in [-0.2, -0.15) is 0 Å². The molecule has 3 aliphatic rings. The molecule has 2 atom stereocenters. The first-order chi connectivity index (χ1) is 8.84. The normalized spacial score (nSPS) is 25.8. The molecular weight excluding hydrogens is 232 g/mol. The van der Waals surface area contributed by atoms with Crippen LogP contribution in [0, 0.1) is 0 Å². The zero-order valence-corrected chi connectivity index (χ0v) is 10.7. The molecule has 0 amide bonds. The summed E-state index contributed by atoms with van der Waals surface area (Å²) in [5.41, 5.74) is 0. The topological polar surface area (TPSA) is 46.8 Å². The average molecular weight is 252 g/mol. The highest BCUT2D eigenvalue weighted by Gasteiger charge is 2.22. The molecule has 0 bridgehead atoms. The largest absolute Gasteiger partial charge is 0.491 e. The summed E-state index contributed by atoms with van der Waals surface area (Å²) in [7, 11) is 0. The summed E-state index contributed by atoms with van der Waals surface area (Å²) in [4.78, 5) is 0. The SMILES string of the molecule is C1CO1.CC1CO1.c1ccc(OCC2CO2)cc1. The van der Waals surface area contributed by atoms with Crippen molar-refractivity contribution >= 4 is 0 Å². The molecule has 0 saturated carbocycles. The Morgan fingerprint density at radius 3 is 2.06 bits per heavy atom. The molecule has 3 fully saturated rings. The first kappa shape index (κ1) is 13.3. The maximum Gasteiger partial charge on any atom is 0.119 e. The van der Waals surface area contributed by atoms with Crippen molar-refractivity contribution in [2.75, 3.05) is 33.0 Å². The van der Waals surface area contributed by atoms with E-state index < -0.39 is 0 Å². The first-order valence-corrected chi connectivity index (χ1v) is 6.33. The number of benzene rings is 1. The molecule has 0 aliphatic carbocycles. The van der Waals surface area contributed by atoms with Gasteiger partial charge in [0, 0.05) is 0 Å². The fraction of sp³-hybridized carbons (Fsp3) is 0.571. The average Bonchev–Trinajstić information content (AvgIpc) is 3.26. The third-order valence-corrected chi connectivity index (χ3v) is 2.29. The molecule has 4 nitrogen and oxygen atoms in total. The van der Waals surface area contributed by atoms with Gasteiger partial charge in [-0.05, 0) is 19.1 Å². The second-order valence-electron chi connectivity index (χ2n) is 4.34. The highest BCUT2D eigenvalue weighted by Crippen LogP contribution is 2.13. The van der Waals surface area contributed by atoms with Gasteiger partial charge in [-0.15, -0.1) is 0 Å². The molecule has 4 rings (SSSR count). The number of rotatable bonds is 3. The molecule has 18 heavy (non-hydrogen) atoms. The Morgan fingerprint density at radius 1 is 1.11 bits per heavy atom. The predicted molar refractivity (Wildman–Crippen MR) is 67.9 cm³/mol. The van der Waals surface area contributed by atoms with E-state index >= 15 is 0 Å². The van der Waals surface area contributed by atoms with Crippen molar-refractivity contribution in [3.8, 4) is 5.75 Å². The van der Waals surface area contributed by atoms with Crippen molar-refractivity contribution in [2.24, 2.45) is 0 Å². The van der Waals surface area contributed by atoms with E-state index in [1.54, 1.807) is 0 Å². The van der Waals surface area contributed by atoms with Crippen LogP contribution in [-0.4, -0.2) is 45.2 Å². The Hall–Kier alpha value is -1.10. The molecule has 0 radical (unpaired) electrons. The van der Waals surface area contributed by atoms with Crippen LogP contribution in [0.3, 0.4) is 0 Å². The van der Waals surface area contributed by atoms with E-state index in [4.69, 9.17) is 14.2 Å². The van der Waals surface area contributed by atoms with Crippen molar-refractivity contribution in [1.29, 1.82) is 0 Å². The Balaban J connectivity index is 0.000000139. The summed E-state index contributed by atoms with van der Waals surface area (Å²) in [6.07, 6.45) is 0.926. The summed E-state index contributed by atoms with van der Waals surface area (Å²) < 4.78 is 19.6. The van der Waals surface area contributed by atoms with Gasteiger partial charge in [0.15, 0.2) is 0 Å². The van der Waals surface area contributed by atoms with Crippen molar-refractivity contribution < 1.29 is 18.9 Å². The van der Waals surface area contributed by atoms with Crippen LogP contribution in [0.25, 0.3) is 0 Å². The van der Waals surface area contributed by atoms with Gasteiger partial charge in [0.25, 0.3) is 0 Å². The Bertz CT molecular complexity index is 315. The monoisotopic (exact) mass is 252 g/mol. The second-order valence-corrected chi connectivity index (χ2v) is 4.34. The zero-order valence-electron chi connectivity index (χ0n) is 10.7. The van der Waals surface area contributed by atoms with Crippen LogP contribution in [0.5, 0.6) is 5.75 Å². The van der Waals surface area contributed by atoms with Gasteiger partial charge in [-0.3, -0.25) is 0 Å². The third-order valence-electron chi connectivity index (χ3n) is 2.29. The van der Waals surface area contributed by atoms with E-state index in [9.17, 15) is 0 Å². The van der Waals surface area contributed by atoms with Gasteiger partial charge in [-0.25, -0.2) is 0 Å². The standard InChI is InChI=1S/C9H10O2.C3H6O.C2H4O/c1-2-4-8(5-3-1)10-6-9-7-11-9;1-3-2-4-3;1-2-3-1/h1-5,9H,6-7H2;3H,2H2,1H3;1-2H2. The van der Waals surface area contributed by atoms with Crippen LogP contribution >= 0.6 is 0 Å². The minimum atomic E-state index is 0.343. The molecule has 0 aromatic heterocycles. The van der Waals surface area contributed by atoms with E-state index in [2.05, 4.69) is 11.7 Å². The highest BCUT2D eigenvalue weighted by molar-refractivity contribution is 5.20. The molecule has 1 aromatic carbocycles. The highest BCUT2D eigenvalue weighted by atomic mass is 16.6. The summed E-state index contributed by atoms with van der Waals surface area (Å²) in [6.45, 7) is 6.58. The van der Waals surface area contributed by atoms with E-state index in [-0.39, 0.29) is 0 Å². The molecule has 1 aromatic rings. The van der Waals surface area contributed by atoms with Crippen LogP contribution < -0.4 is 4.74 Å². The van der Waals surface area contributed by atoms with Crippen LogP contribution in [0.4, 0.5) is 0 Å². The minimum absolute atomic E-state index is 0.343. The van der Waals surface area contributed by atoms with Gasteiger partial charge >= 0.3 is 0 Å². The minimum Gasteiger partial charge on any atom is -0.491 e. The third kappa shape index (κ3) is 8.06. The molecule has 3 aliphatic heterocycles. The van der Waals surface area contributed by atoms with Crippen LogP contribution in [0.2, 0.25) is 0 Å². The first-order valence-electron chi connectivity index (χ1n) is 6.33. The number of hydrogen-bond donors (Lipinski definition) is 0. The molecule has 0 N–H and O–H groups in total. The van der Waals surface area contributed by atoms with E-state index in [1.807, 2.05) is 30.3 Å². The van der Waals surface area contributed by atoms with Crippen molar-refractivity contribution in [1.82, 2.24) is 0 Å². The molecule has 3 heterocycles. The lowest BCUT2D eigenvalue weighted by molar-refractivity contribution is 0.263. The lowest BCUT2D eigenvalue weighted by atomic mass is 10.3. The predicted octanol–water partition coefficient (Wildman–Crippen LogP) is 1.89. The molecule has 0 spiro atoms. The fourth-order valence-corrected chi connectivity index (χ4v) is 0.966. The molecule has 4 heteroatoms. The second kappa shape index (κ2) is 7.36. The summed E-state index contributed by atoms with van der Waals surface area (Å²) in [5, 5.41) is 0. The zero-order chi connectivity index (χ0) is 12.6. The fourth-order valence-electron chi connectivity index (χ4n) is 0.966. The lowest BCUT2D eigenvalue weighted by Gasteiger charge is -2.01. The molecular formula is C14H20O4. The Morgan fingerprint density at radius 2 is 1.67 bits per heavy atom. The van der Waals surface area contributed by atoms with Crippen LogP contribution in [-0.2, 0) is 14.2 Å². The lowest BCUT2D eigenvalue weighted by Crippen LogP contribution is -2.03. The maximum atomic E-state index is 5.40. The summed E-state index contributed by atoms with van der Waals surface area (Å²) in [6, 6.07) is 9.79. The maximum absolute atomic E-state index is 5.40. The van der Waals surface area contributed by atoms with Crippen LogP contribution in [0.15, 0.2) is 30.3 Å². The van der Waals surface area contributed by atoms with Gasteiger partial charge in [0.1, 0.15) is 18.5 Å². The molecule has 2 unspecified atom stereocenters. The van der Waals surface area contributed by atoms with Crippen molar-refractivity contribution in [3.05, 3.63) is 30.3 Å². The van der Waals surface area contributed by atoms with Crippen molar-refractivity contribution in [2.45, 2.75) is 19.1 Å². The number of para-hydroxylation sites is 1. The number of epoxide rings is 3. The molecule has 100 valence electrons. The van der Waals surface area contributed by atoms with E-state index in [0.29, 0.717) is 18.8 Å². The quantitative estimate of drug-likeness (QED) is 0.771. The Kier molecular flexibility index (Phi) is 5.45. The number of hydrogen-bond acceptors (Lipinski definition) is 4. The summed E-state index contributed by atoms with van der Waals surface area (Å²) in [5.74, 6) is 0.919. The van der Waals surface area contributed by atoms with Gasteiger partial charge < -0.3 is 18.9 Å². The van der Waals surface area contributed by atoms with E-state index in [1.165, 1.54) is 0 Å². The smallest absolute Gasteiger partial charge is 0.119 e.